The van der Waals surface area contributed by atoms with E-state index in [2.05, 4.69) is 15.3 Å². The van der Waals surface area contributed by atoms with Crippen molar-refractivity contribution in [2.75, 3.05) is 5.32 Å². The van der Waals surface area contributed by atoms with Crippen LogP contribution in [0.15, 0.2) is 4.79 Å². The first-order chi connectivity index (χ1) is 6.00. The zero-order chi connectivity index (χ0) is 10.0. The van der Waals surface area contributed by atoms with Crippen molar-refractivity contribution >= 4 is 11.6 Å². The van der Waals surface area contributed by atoms with Crippen molar-refractivity contribution in [2.45, 2.75) is 20.8 Å². The van der Waals surface area contributed by atoms with E-state index in [4.69, 9.17) is 0 Å². The highest BCUT2D eigenvalue weighted by Crippen LogP contribution is 2.03. The van der Waals surface area contributed by atoms with E-state index in [1.165, 1.54) is 6.92 Å². The Kier molecular flexibility index (Phi) is 2.46. The van der Waals surface area contributed by atoms with Crippen molar-refractivity contribution in [1.82, 2.24) is 9.97 Å². The number of hydrogen-bond acceptors (Lipinski definition) is 3. The minimum atomic E-state index is -0.319. The van der Waals surface area contributed by atoms with Crippen LogP contribution < -0.4 is 10.9 Å². The average molecular weight is 181 g/mol. The number of carbonyl (C=O) groups is 1. The Morgan fingerprint density at radius 1 is 1.46 bits per heavy atom. The van der Waals surface area contributed by atoms with E-state index >= 15 is 0 Å². The molecule has 0 atom stereocenters. The van der Waals surface area contributed by atoms with Gasteiger partial charge in [-0.1, -0.05) is 0 Å². The lowest BCUT2D eigenvalue weighted by Gasteiger charge is -2.04. The molecular weight excluding hydrogens is 170 g/mol. The number of H-pyrrole nitrogens is 1. The van der Waals surface area contributed by atoms with Gasteiger partial charge in [0, 0.05) is 6.92 Å². The minimum Gasteiger partial charge on any atom is -0.320 e. The molecule has 0 aliphatic rings. The van der Waals surface area contributed by atoms with E-state index in [0.29, 0.717) is 11.5 Å². The van der Waals surface area contributed by atoms with Crippen LogP contribution in [-0.4, -0.2) is 15.9 Å². The van der Waals surface area contributed by atoms with E-state index in [1.54, 1.807) is 13.8 Å². The van der Waals surface area contributed by atoms with Crippen molar-refractivity contribution in [3.63, 3.8) is 0 Å². The van der Waals surface area contributed by atoms with Crippen molar-refractivity contribution in [1.29, 1.82) is 0 Å². The first-order valence-corrected chi connectivity index (χ1v) is 3.86. The summed E-state index contributed by atoms with van der Waals surface area (Å²) in [5.74, 6) is 0.260. The molecule has 5 nitrogen and oxygen atoms in total. The Bertz CT molecular complexity index is 395. The molecule has 0 saturated heterocycles. The summed E-state index contributed by atoms with van der Waals surface area (Å²) in [5, 5.41) is 2.42. The Labute approximate surface area is 75.2 Å². The van der Waals surface area contributed by atoms with Crippen LogP contribution in [0, 0.1) is 13.8 Å². The van der Waals surface area contributed by atoms with E-state index in [0.717, 1.165) is 0 Å². The Hall–Kier alpha value is -1.65. The summed E-state index contributed by atoms with van der Waals surface area (Å²) in [6.45, 7) is 4.71. The quantitative estimate of drug-likeness (QED) is 0.656. The van der Waals surface area contributed by atoms with Crippen LogP contribution in [0.25, 0.3) is 0 Å². The highest BCUT2D eigenvalue weighted by molar-refractivity contribution is 5.88. The number of carbonyl (C=O) groups excluding carboxylic acids is 1. The van der Waals surface area contributed by atoms with Crippen molar-refractivity contribution in [3.8, 4) is 0 Å². The van der Waals surface area contributed by atoms with Gasteiger partial charge < -0.3 is 10.3 Å². The topological polar surface area (TPSA) is 74.8 Å². The van der Waals surface area contributed by atoms with E-state index in [9.17, 15) is 9.59 Å². The number of amides is 1. The maximum atomic E-state index is 11.3. The third-order valence-corrected chi connectivity index (χ3v) is 1.52. The summed E-state index contributed by atoms with van der Waals surface area (Å²) < 4.78 is 0. The summed E-state index contributed by atoms with van der Waals surface area (Å²) >= 11 is 0. The fourth-order valence-electron chi connectivity index (χ4n) is 1.05. The molecule has 1 aromatic rings. The molecule has 0 radical (unpaired) electrons. The lowest BCUT2D eigenvalue weighted by molar-refractivity contribution is -0.114. The van der Waals surface area contributed by atoms with Gasteiger partial charge in [0.15, 0.2) is 0 Å². The van der Waals surface area contributed by atoms with Crippen LogP contribution in [0.1, 0.15) is 18.4 Å². The van der Waals surface area contributed by atoms with Crippen LogP contribution >= 0.6 is 0 Å². The van der Waals surface area contributed by atoms with Crippen molar-refractivity contribution in [3.05, 3.63) is 21.9 Å². The Morgan fingerprint density at radius 2 is 2.08 bits per heavy atom. The second kappa shape index (κ2) is 3.38. The van der Waals surface area contributed by atoms with Gasteiger partial charge in [-0.2, -0.15) is 0 Å². The van der Waals surface area contributed by atoms with Crippen molar-refractivity contribution < 1.29 is 4.79 Å². The van der Waals surface area contributed by atoms with Gasteiger partial charge in [0.2, 0.25) is 5.91 Å². The monoisotopic (exact) mass is 181 g/mol. The van der Waals surface area contributed by atoms with Gasteiger partial charge in [0.05, 0.1) is 5.69 Å². The summed E-state index contributed by atoms with van der Waals surface area (Å²) in [4.78, 5) is 28.5. The van der Waals surface area contributed by atoms with E-state index < -0.39 is 0 Å². The minimum absolute atomic E-state index is 0.220. The normalized spacial score (nSPS) is 9.77. The maximum absolute atomic E-state index is 11.3. The largest absolute Gasteiger partial charge is 0.320 e. The molecule has 0 bridgehead atoms. The van der Waals surface area contributed by atoms with Crippen LogP contribution in [0.2, 0.25) is 0 Å². The molecule has 0 aliphatic carbocycles. The zero-order valence-corrected chi connectivity index (χ0v) is 7.76. The zero-order valence-electron chi connectivity index (χ0n) is 7.76. The third kappa shape index (κ3) is 2.14. The standard InChI is InChI=1S/C8H11N3O2/c1-4-7(11-6(3)12)8(13)10-5(2)9-4/h1-3H3,(H,11,12)(H,9,10,13). The molecular formula is C8H11N3O2. The molecule has 1 rings (SSSR count). The molecule has 5 heteroatoms. The number of aromatic amines is 1. The Morgan fingerprint density at radius 3 is 2.54 bits per heavy atom. The molecule has 0 saturated carbocycles. The highest BCUT2D eigenvalue weighted by atomic mass is 16.2. The predicted molar refractivity (Wildman–Crippen MR) is 48.6 cm³/mol. The van der Waals surface area contributed by atoms with E-state index in [1.807, 2.05) is 0 Å². The molecule has 13 heavy (non-hydrogen) atoms. The molecule has 1 amide bonds. The van der Waals surface area contributed by atoms with Gasteiger partial charge >= 0.3 is 0 Å². The first kappa shape index (κ1) is 9.44. The number of aryl methyl sites for hydroxylation is 2. The average Bonchev–Trinajstić information content (AvgIpc) is 1.96. The SMILES string of the molecule is CC(=O)Nc1c(C)nc(C)[nH]c1=O. The number of rotatable bonds is 1. The molecule has 0 unspecified atom stereocenters. The number of hydrogen-bond donors (Lipinski definition) is 2. The Balaban J connectivity index is 3.21. The van der Waals surface area contributed by atoms with Gasteiger partial charge in [-0.3, -0.25) is 9.59 Å². The molecule has 0 aliphatic heterocycles. The van der Waals surface area contributed by atoms with Crippen LogP contribution in [-0.2, 0) is 4.79 Å². The second-order valence-corrected chi connectivity index (χ2v) is 2.79. The highest BCUT2D eigenvalue weighted by Gasteiger charge is 2.06. The molecule has 0 aromatic carbocycles. The fourth-order valence-corrected chi connectivity index (χ4v) is 1.05. The molecule has 2 N–H and O–H groups in total. The smallest absolute Gasteiger partial charge is 0.274 e. The summed E-state index contributed by atoms with van der Waals surface area (Å²) in [6, 6.07) is 0. The number of nitrogens with zero attached hydrogens (tertiary/aromatic N) is 1. The number of nitrogens with one attached hydrogen (secondary N) is 2. The van der Waals surface area contributed by atoms with Gasteiger partial charge in [0.25, 0.3) is 5.56 Å². The first-order valence-electron chi connectivity index (χ1n) is 3.86. The predicted octanol–water partition coefficient (Wildman–Crippen LogP) is 0.345. The molecule has 0 fully saturated rings. The summed E-state index contributed by atoms with van der Waals surface area (Å²) in [6.07, 6.45) is 0. The third-order valence-electron chi connectivity index (χ3n) is 1.52. The van der Waals surface area contributed by atoms with Gasteiger partial charge in [0.1, 0.15) is 11.5 Å². The summed E-state index contributed by atoms with van der Waals surface area (Å²) in [7, 11) is 0. The summed E-state index contributed by atoms with van der Waals surface area (Å²) in [5.41, 5.74) is 0.426. The van der Waals surface area contributed by atoms with Gasteiger partial charge in [-0.05, 0) is 13.8 Å². The molecule has 70 valence electrons. The molecule has 1 aromatic heterocycles. The van der Waals surface area contributed by atoms with Crippen molar-refractivity contribution in [2.24, 2.45) is 0 Å². The van der Waals surface area contributed by atoms with E-state index in [-0.39, 0.29) is 17.2 Å². The maximum Gasteiger partial charge on any atom is 0.274 e. The number of aromatic nitrogens is 2. The molecule has 0 spiro atoms. The van der Waals surface area contributed by atoms with Gasteiger partial charge in [-0.25, -0.2) is 4.98 Å². The van der Waals surface area contributed by atoms with Crippen LogP contribution in [0.3, 0.4) is 0 Å². The lowest BCUT2D eigenvalue weighted by Crippen LogP contribution is -2.20. The van der Waals surface area contributed by atoms with Gasteiger partial charge in [-0.15, -0.1) is 0 Å². The van der Waals surface area contributed by atoms with Crippen LogP contribution in [0.4, 0.5) is 5.69 Å². The lowest BCUT2D eigenvalue weighted by atomic mass is 10.3. The number of anilines is 1. The van der Waals surface area contributed by atoms with Crippen LogP contribution in [0.5, 0.6) is 0 Å². The second-order valence-electron chi connectivity index (χ2n) is 2.79. The fraction of sp³-hybridized carbons (Fsp3) is 0.375. The molecule has 1 heterocycles.